The van der Waals surface area contributed by atoms with E-state index in [9.17, 15) is 13.2 Å². The summed E-state index contributed by atoms with van der Waals surface area (Å²) in [4.78, 5) is 0. The molecule has 16 heavy (non-hydrogen) atoms. The van der Waals surface area contributed by atoms with Crippen LogP contribution in [0.25, 0.3) is 0 Å². The van der Waals surface area contributed by atoms with Crippen molar-refractivity contribution in [1.82, 2.24) is 15.1 Å². The quantitative estimate of drug-likeness (QED) is 0.816. The fourth-order valence-corrected chi connectivity index (χ4v) is 1.52. The molecule has 1 aromatic heterocycles. The highest BCUT2D eigenvalue weighted by Crippen LogP contribution is 2.18. The Balaban J connectivity index is 2.71. The second-order valence-corrected chi connectivity index (χ2v) is 3.63. The van der Waals surface area contributed by atoms with Crippen LogP contribution in [0.15, 0.2) is 6.20 Å². The van der Waals surface area contributed by atoms with Crippen LogP contribution in [0.4, 0.5) is 13.2 Å². The molecule has 0 saturated heterocycles. The molecule has 0 aromatic carbocycles. The summed E-state index contributed by atoms with van der Waals surface area (Å²) >= 11 is 0. The lowest BCUT2D eigenvalue weighted by Gasteiger charge is -2.17. The summed E-state index contributed by atoms with van der Waals surface area (Å²) in [5.41, 5.74) is 6.84. The summed E-state index contributed by atoms with van der Waals surface area (Å²) in [6.07, 6.45) is -2.56. The van der Waals surface area contributed by atoms with Gasteiger partial charge in [0.1, 0.15) is 0 Å². The first kappa shape index (κ1) is 13.0. The van der Waals surface area contributed by atoms with Crippen LogP contribution < -0.4 is 11.1 Å². The molecule has 1 atom stereocenters. The fourth-order valence-electron chi connectivity index (χ4n) is 1.52. The monoisotopic (exact) mass is 236 g/mol. The molecular weight excluding hydrogens is 221 g/mol. The Morgan fingerprint density at radius 2 is 2.19 bits per heavy atom. The number of rotatable bonds is 4. The molecule has 0 saturated carbocycles. The smallest absolute Gasteiger partial charge is 0.329 e. The van der Waals surface area contributed by atoms with Gasteiger partial charge in [0.25, 0.3) is 0 Å². The Labute approximate surface area is 91.6 Å². The molecule has 0 fully saturated rings. The summed E-state index contributed by atoms with van der Waals surface area (Å²) in [7, 11) is 1.72. The van der Waals surface area contributed by atoms with Gasteiger partial charge in [0.15, 0.2) is 0 Å². The molecule has 0 aliphatic carbocycles. The van der Waals surface area contributed by atoms with Gasteiger partial charge >= 0.3 is 6.18 Å². The average Bonchev–Trinajstić information content (AvgIpc) is 2.45. The number of alkyl halides is 3. The molecule has 1 rings (SSSR count). The highest BCUT2D eigenvalue weighted by molar-refractivity contribution is 5.20. The van der Waals surface area contributed by atoms with E-state index >= 15 is 0 Å². The maximum atomic E-state index is 12.0. The molecule has 7 heteroatoms. The van der Waals surface area contributed by atoms with Gasteiger partial charge in [-0.05, 0) is 6.92 Å². The predicted molar refractivity (Wildman–Crippen MR) is 53.8 cm³/mol. The van der Waals surface area contributed by atoms with Crippen LogP contribution in [-0.2, 0) is 7.05 Å². The van der Waals surface area contributed by atoms with Crippen molar-refractivity contribution in [2.75, 3.05) is 13.1 Å². The van der Waals surface area contributed by atoms with Crippen LogP contribution in [-0.4, -0.2) is 29.0 Å². The van der Waals surface area contributed by atoms with E-state index in [2.05, 4.69) is 10.4 Å². The van der Waals surface area contributed by atoms with Crippen LogP contribution >= 0.6 is 0 Å². The van der Waals surface area contributed by atoms with E-state index < -0.39 is 18.8 Å². The van der Waals surface area contributed by atoms with Crippen molar-refractivity contribution in [2.45, 2.75) is 19.1 Å². The fraction of sp³-hybridized carbons (Fsp3) is 0.667. The minimum absolute atomic E-state index is 0.0998. The van der Waals surface area contributed by atoms with Crippen molar-refractivity contribution in [3.8, 4) is 0 Å². The molecule has 0 aliphatic rings. The topological polar surface area (TPSA) is 55.9 Å². The SMILES string of the molecule is Cc1nn(C)cc1C(CN)NCC(F)(F)F. The first-order valence-electron chi connectivity index (χ1n) is 4.84. The molecule has 4 nitrogen and oxygen atoms in total. The number of aryl methyl sites for hydroxylation is 2. The lowest BCUT2D eigenvalue weighted by molar-refractivity contribution is -0.126. The van der Waals surface area contributed by atoms with Gasteiger partial charge < -0.3 is 11.1 Å². The number of nitrogens with one attached hydrogen (secondary N) is 1. The Bertz CT molecular complexity index is 345. The number of nitrogens with zero attached hydrogens (tertiary/aromatic N) is 2. The van der Waals surface area contributed by atoms with E-state index in [0.717, 1.165) is 0 Å². The Morgan fingerprint density at radius 1 is 1.56 bits per heavy atom. The van der Waals surface area contributed by atoms with Gasteiger partial charge in [0.2, 0.25) is 0 Å². The molecule has 0 amide bonds. The van der Waals surface area contributed by atoms with Crippen molar-refractivity contribution in [2.24, 2.45) is 12.8 Å². The van der Waals surface area contributed by atoms with Gasteiger partial charge in [-0.2, -0.15) is 18.3 Å². The normalized spacial score (nSPS) is 14.1. The summed E-state index contributed by atoms with van der Waals surface area (Å²) < 4.78 is 37.7. The lowest BCUT2D eigenvalue weighted by atomic mass is 10.1. The zero-order valence-corrected chi connectivity index (χ0v) is 9.17. The predicted octanol–water partition coefficient (Wildman–Crippen LogP) is 0.880. The third-order valence-electron chi connectivity index (χ3n) is 2.21. The summed E-state index contributed by atoms with van der Waals surface area (Å²) in [5, 5.41) is 6.44. The number of aromatic nitrogens is 2. The highest BCUT2D eigenvalue weighted by Gasteiger charge is 2.28. The maximum absolute atomic E-state index is 12.0. The Hall–Kier alpha value is -1.08. The average molecular weight is 236 g/mol. The Kier molecular flexibility index (Phi) is 3.93. The third kappa shape index (κ3) is 3.49. The maximum Gasteiger partial charge on any atom is 0.401 e. The number of hydrogen-bond donors (Lipinski definition) is 2. The van der Waals surface area contributed by atoms with Gasteiger partial charge in [0, 0.05) is 31.4 Å². The standard InChI is InChI=1S/C9H15F3N4/c1-6-7(4-16(2)15-6)8(3-13)14-5-9(10,11)12/h4,8,14H,3,5,13H2,1-2H3. The van der Waals surface area contributed by atoms with E-state index in [0.29, 0.717) is 11.3 Å². The first-order chi connectivity index (χ1) is 7.33. The second kappa shape index (κ2) is 4.84. The third-order valence-corrected chi connectivity index (χ3v) is 2.21. The molecular formula is C9H15F3N4. The molecule has 1 aromatic rings. The van der Waals surface area contributed by atoms with Crippen molar-refractivity contribution < 1.29 is 13.2 Å². The molecule has 0 bridgehead atoms. The van der Waals surface area contributed by atoms with Crippen molar-refractivity contribution in [1.29, 1.82) is 0 Å². The molecule has 0 aliphatic heterocycles. The van der Waals surface area contributed by atoms with Gasteiger partial charge in [-0.3, -0.25) is 4.68 Å². The summed E-state index contributed by atoms with van der Waals surface area (Å²) in [6.45, 7) is 0.791. The molecule has 0 spiro atoms. The van der Waals surface area contributed by atoms with Crippen molar-refractivity contribution in [3.63, 3.8) is 0 Å². The van der Waals surface area contributed by atoms with Crippen molar-refractivity contribution in [3.05, 3.63) is 17.5 Å². The number of nitrogens with two attached hydrogens (primary N) is 1. The number of hydrogen-bond acceptors (Lipinski definition) is 3. The lowest BCUT2D eigenvalue weighted by Crippen LogP contribution is -2.35. The van der Waals surface area contributed by atoms with Crippen LogP contribution in [0.1, 0.15) is 17.3 Å². The molecule has 92 valence electrons. The zero-order chi connectivity index (χ0) is 12.3. The zero-order valence-electron chi connectivity index (χ0n) is 9.17. The van der Waals surface area contributed by atoms with E-state index in [1.54, 1.807) is 24.9 Å². The number of halogens is 3. The van der Waals surface area contributed by atoms with Gasteiger partial charge in [-0.1, -0.05) is 0 Å². The minimum Gasteiger partial charge on any atom is -0.329 e. The first-order valence-corrected chi connectivity index (χ1v) is 4.84. The van der Waals surface area contributed by atoms with Crippen LogP contribution in [0.2, 0.25) is 0 Å². The van der Waals surface area contributed by atoms with E-state index in [1.807, 2.05) is 0 Å². The van der Waals surface area contributed by atoms with Crippen LogP contribution in [0.3, 0.4) is 0 Å². The van der Waals surface area contributed by atoms with E-state index in [4.69, 9.17) is 5.73 Å². The molecule has 3 N–H and O–H groups in total. The summed E-state index contributed by atoms with van der Waals surface area (Å²) in [6, 6.07) is -0.518. The van der Waals surface area contributed by atoms with E-state index in [-0.39, 0.29) is 6.54 Å². The molecule has 0 radical (unpaired) electrons. The van der Waals surface area contributed by atoms with Gasteiger partial charge in [-0.15, -0.1) is 0 Å². The van der Waals surface area contributed by atoms with E-state index in [1.165, 1.54) is 0 Å². The molecule has 1 heterocycles. The highest BCUT2D eigenvalue weighted by atomic mass is 19.4. The van der Waals surface area contributed by atoms with Crippen LogP contribution in [0, 0.1) is 6.92 Å². The Morgan fingerprint density at radius 3 is 2.56 bits per heavy atom. The molecule has 1 unspecified atom stereocenters. The second-order valence-electron chi connectivity index (χ2n) is 3.63. The van der Waals surface area contributed by atoms with Crippen molar-refractivity contribution >= 4 is 0 Å². The minimum atomic E-state index is -4.23. The van der Waals surface area contributed by atoms with Gasteiger partial charge in [0.05, 0.1) is 12.2 Å². The van der Waals surface area contributed by atoms with Crippen LogP contribution in [0.5, 0.6) is 0 Å². The largest absolute Gasteiger partial charge is 0.401 e. The summed E-state index contributed by atoms with van der Waals surface area (Å²) in [5.74, 6) is 0. The van der Waals surface area contributed by atoms with Gasteiger partial charge in [-0.25, -0.2) is 0 Å².